The monoisotopic (exact) mass is 289 g/mol. The van der Waals surface area contributed by atoms with Gasteiger partial charge in [0, 0.05) is 18.5 Å². The molecule has 3 nitrogen and oxygen atoms in total. The summed E-state index contributed by atoms with van der Waals surface area (Å²) in [4.78, 5) is 6.81. The molecule has 2 N–H and O–H groups in total. The fourth-order valence-corrected chi connectivity index (χ4v) is 3.24. The van der Waals surface area contributed by atoms with E-state index < -0.39 is 0 Å². The number of likely N-dealkylation sites (tertiary alicyclic amines) is 1. The quantitative estimate of drug-likeness (QED) is 0.686. The number of halogens is 1. The van der Waals surface area contributed by atoms with Gasteiger partial charge in [0.05, 0.1) is 6.54 Å². The van der Waals surface area contributed by atoms with Crippen LogP contribution in [0.25, 0.3) is 0 Å². The predicted octanol–water partition coefficient (Wildman–Crippen LogP) is 2.90. The van der Waals surface area contributed by atoms with Gasteiger partial charge in [-0.25, -0.2) is 4.39 Å². The third-order valence-corrected chi connectivity index (χ3v) is 4.82. The standard InChI is InChI=1S/C17H24FN3/c1-13-4-3-9-21(11-13)16(19)20-12-17(7-8-17)14-5-2-6-15(18)10-14/h2,5-6,10,13H,3-4,7-9,11-12H2,1H3,(H2,19,20). The van der Waals surface area contributed by atoms with Gasteiger partial charge in [0.1, 0.15) is 5.82 Å². The van der Waals surface area contributed by atoms with E-state index in [1.54, 1.807) is 12.1 Å². The summed E-state index contributed by atoms with van der Waals surface area (Å²) in [5.74, 6) is 1.18. The van der Waals surface area contributed by atoms with Crippen molar-refractivity contribution in [3.05, 3.63) is 35.6 Å². The van der Waals surface area contributed by atoms with Crippen LogP contribution in [-0.2, 0) is 5.41 Å². The first-order chi connectivity index (χ1) is 10.1. The van der Waals surface area contributed by atoms with E-state index in [0.717, 1.165) is 31.5 Å². The molecule has 2 aliphatic rings. The first-order valence-electron chi connectivity index (χ1n) is 7.90. The summed E-state index contributed by atoms with van der Waals surface area (Å²) >= 11 is 0. The molecule has 1 aromatic carbocycles. The Morgan fingerprint density at radius 3 is 2.95 bits per heavy atom. The highest BCUT2D eigenvalue weighted by Crippen LogP contribution is 2.48. The van der Waals surface area contributed by atoms with Crippen LogP contribution in [-0.4, -0.2) is 30.5 Å². The number of hydrogen-bond donors (Lipinski definition) is 1. The van der Waals surface area contributed by atoms with E-state index in [9.17, 15) is 4.39 Å². The van der Waals surface area contributed by atoms with Gasteiger partial charge in [0.2, 0.25) is 0 Å². The molecule has 1 unspecified atom stereocenters. The molecule has 2 fully saturated rings. The summed E-state index contributed by atoms with van der Waals surface area (Å²) < 4.78 is 13.4. The van der Waals surface area contributed by atoms with Crippen molar-refractivity contribution in [3.8, 4) is 0 Å². The van der Waals surface area contributed by atoms with E-state index in [1.807, 2.05) is 6.07 Å². The highest BCUT2D eigenvalue weighted by molar-refractivity contribution is 5.78. The zero-order chi connectivity index (χ0) is 14.9. The van der Waals surface area contributed by atoms with Crippen molar-refractivity contribution in [1.82, 2.24) is 4.90 Å². The predicted molar refractivity (Wildman–Crippen MR) is 83.8 cm³/mol. The Bertz CT molecular complexity index is 537. The topological polar surface area (TPSA) is 41.6 Å². The van der Waals surface area contributed by atoms with Gasteiger partial charge in [0.15, 0.2) is 5.96 Å². The van der Waals surface area contributed by atoms with Crippen LogP contribution in [0.4, 0.5) is 4.39 Å². The molecular formula is C17H24FN3. The van der Waals surface area contributed by atoms with Gasteiger partial charge in [-0.1, -0.05) is 19.1 Å². The minimum atomic E-state index is -0.166. The maximum atomic E-state index is 13.4. The molecule has 0 radical (unpaired) electrons. The van der Waals surface area contributed by atoms with Gasteiger partial charge in [-0.15, -0.1) is 0 Å². The van der Waals surface area contributed by atoms with E-state index in [2.05, 4.69) is 16.8 Å². The van der Waals surface area contributed by atoms with Crippen LogP contribution in [0.15, 0.2) is 29.3 Å². The Balaban J connectivity index is 1.67. The first kappa shape index (κ1) is 14.4. The molecule has 0 bridgehead atoms. The number of nitrogens with zero attached hydrogens (tertiary/aromatic N) is 2. The molecule has 1 atom stereocenters. The summed E-state index contributed by atoms with van der Waals surface area (Å²) in [5, 5.41) is 0. The molecule has 3 rings (SSSR count). The van der Waals surface area contributed by atoms with Crippen molar-refractivity contribution in [2.24, 2.45) is 16.6 Å². The van der Waals surface area contributed by atoms with Crippen molar-refractivity contribution in [3.63, 3.8) is 0 Å². The molecule has 1 aliphatic carbocycles. The summed E-state index contributed by atoms with van der Waals surface area (Å²) in [5.41, 5.74) is 7.24. The highest BCUT2D eigenvalue weighted by Gasteiger charge is 2.44. The molecule has 1 heterocycles. The largest absolute Gasteiger partial charge is 0.370 e. The van der Waals surface area contributed by atoms with Crippen LogP contribution in [0.2, 0.25) is 0 Å². The fraction of sp³-hybridized carbons (Fsp3) is 0.588. The molecule has 1 saturated carbocycles. The van der Waals surface area contributed by atoms with Gasteiger partial charge >= 0.3 is 0 Å². The molecular weight excluding hydrogens is 265 g/mol. The Kier molecular flexibility index (Phi) is 3.87. The Labute approximate surface area is 126 Å². The van der Waals surface area contributed by atoms with Crippen LogP contribution in [0, 0.1) is 11.7 Å². The lowest BCUT2D eigenvalue weighted by Gasteiger charge is -2.32. The van der Waals surface area contributed by atoms with Crippen LogP contribution in [0.3, 0.4) is 0 Å². The zero-order valence-electron chi connectivity index (χ0n) is 12.7. The number of guanidine groups is 1. The normalized spacial score (nSPS) is 25.0. The van der Waals surface area contributed by atoms with Crippen LogP contribution in [0.1, 0.15) is 38.2 Å². The van der Waals surface area contributed by atoms with Crippen molar-refractivity contribution in [1.29, 1.82) is 0 Å². The lowest BCUT2D eigenvalue weighted by molar-refractivity contribution is 0.270. The Morgan fingerprint density at radius 2 is 2.29 bits per heavy atom. The maximum absolute atomic E-state index is 13.4. The molecule has 1 aliphatic heterocycles. The summed E-state index contributed by atoms with van der Waals surface area (Å²) in [7, 11) is 0. The third-order valence-electron chi connectivity index (χ3n) is 4.82. The average Bonchev–Trinajstić information content (AvgIpc) is 3.26. The molecule has 1 aromatic rings. The van der Waals surface area contributed by atoms with Gasteiger partial charge in [-0.2, -0.15) is 0 Å². The minimum Gasteiger partial charge on any atom is -0.370 e. The van der Waals surface area contributed by atoms with Gasteiger partial charge in [-0.05, 0) is 49.3 Å². The summed E-state index contributed by atoms with van der Waals surface area (Å²) in [6.45, 7) is 4.94. The number of nitrogens with two attached hydrogens (primary N) is 1. The van der Waals surface area contributed by atoms with E-state index >= 15 is 0 Å². The molecule has 4 heteroatoms. The van der Waals surface area contributed by atoms with E-state index in [-0.39, 0.29) is 11.2 Å². The van der Waals surface area contributed by atoms with Crippen LogP contribution >= 0.6 is 0 Å². The van der Waals surface area contributed by atoms with E-state index in [1.165, 1.54) is 18.9 Å². The lowest BCUT2D eigenvalue weighted by atomic mass is 9.96. The van der Waals surface area contributed by atoms with Gasteiger partial charge in [-0.3, -0.25) is 4.99 Å². The second-order valence-electron chi connectivity index (χ2n) is 6.66. The number of piperidine rings is 1. The van der Waals surface area contributed by atoms with Crippen molar-refractivity contribution >= 4 is 5.96 Å². The molecule has 0 aromatic heterocycles. The third kappa shape index (κ3) is 3.20. The second kappa shape index (κ2) is 5.66. The van der Waals surface area contributed by atoms with Crippen molar-refractivity contribution in [2.75, 3.05) is 19.6 Å². The van der Waals surface area contributed by atoms with E-state index in [4.69, 9.17) is 5.73 Å². The van der Waals surface area contributed by atoms with Crippen molar-refractivity contribution < 1.29 is 4.39 Å². The maximum Gasteiger partial charge on any atom is 0.191 e. The molecule has 0 spiro atoms. The fourth-order valence-electron chi connectivity index (χ4n) is 3.24. The molecule has 21 heavy (non-hydrogen) atoms. The Hall–Kier alpha value is -1.58. The lowest BCUT2D eigenvalue weighted by Crippen LogP contribution is -2.43. The number of benzene rings is 1. The smallest absolute Gasteiger partial charge is 0.191 e. The number of aliphatic imine (C=N–C) groups is 1. The summed E-state index contributed by atoms with van der Waals surface area (Å²) in [6.07, 6.45) is 4.61. The highest BCUT2D eigenvalue weighted by atomic mass is 19.1. The first-order valence-corrected chi connectivity index (χ1v) is 7.90. The van der Waals surface area contributed by atoms with Crippen molar-refractivity contribution in [2.45, 2.75) is 38.0 Å². The second-order valence-corrected chi connectivity index (χ2v) is 6.66. The number of rotatable bonds is 3. The van der Waals surface area contributed by atoms with E-state index in [0.29, 0.717) is 18.4 Å². The Morgan fingerprint density at radius 1 is 1.48 bits per heavy atom. The number of hydrogen-bond acceptors (Lipinski definition) is 1. The molecule has 114 valence electrons. The average molecular weight is 289 g/mol. The molecule has 1 saturated heterocycles. The molecule has 0 amide bonds. The summed E-state index contributed by atoms with van der Waals surface area (Å²) in [6, 6.07) is 6.92. The SMILES string of the molecule is CC1CCCN(C(N)=NCC2(c3cccc(F)c3)CC2)C1. The van der Waals surface area contributed by atoms with Crippen LogP contribution < -0.4 is 5.73 Å². The minimum absolute atomic E-state index is 0.0219. The van der Waals surface area contributed by atoms with Crippen LogP contribution in [0.5, 0.6) is 0 Å². The van der Waals surface area contributed by atoms with Gasteiger partial charge in [0.25, 0.3) is 0 Å². The zero-order valence-corrected chi connectivity index (χ0v) is 12.7. The van der Waals surface area contributed by atoms with Gasteiger partial charge < -0.3 is 10.6 Å².